The number of nitrogens with zero attached hydrogens (tertiary/aromatic N) is 2. The standard InChI is InChI=1S/C11H18N4O.ClH/c1-8-7-10(14-13-8)11(16)15(2)9-3-5-12-6-4-9;/h7,9,12H,3-6H2,1-2H3,(H,13,14);1H. The quantitative estimate of drug-likeness (QED) is 0.831. The van der Waals surface area contributed by atoms with Crippen LogP contribution < -0.4 is 5.32 Å². The number of amides is 1. The Labute approximate surface area is 107 Å². The molecule has 2 heterocycles. The lowest BCUT2D eigenvalue weighted by molar-refractivity contribution is 0.0697. The molecule has 0 aliphatic carbocycles. The van der Waals surface area contributed by atoms with Crippen molar-refractivity contribution in [2.24, 2.45) is 0 Å². The molecule has 96 valence electrons. The highest BCUT2D eigenvalue weighted by Gasteiger charge is 2.23. The number of nitrogens with one attached hydrogen (secondary N) is 2. The van der Waals surface area contributed by atoms with Crippen LogP contribution in [-0.4, -0.2) is 47.2 Å². The van der Waals surface area contributed by atoms with Crippen LogP contribution in [-0.2, 0) is 0 Å². The Kier molecular flexibility index (Phi) is 4.96. The molecule has 17 heavy (non-hydrogen) atoms. The van der Waals surface area contributed by atoms with Gasteiger partial charge in [0.2, 0.25) is 0 Å². The van der Waals surface area contributed by atoms with Gasteiger partial charge in [-0.05, 0) is 38.9 Å². The van der Waals surface area contributed by atoms with Crippen molar-refractivity contribution in [1.29, 1.82) is 0 Å². The molecule has 0 unspecified atom stereocenters. The molecule has 0 aromatic carbocycles. The van der Waals surface area contributed by atoms with Crippen LogP contribution in [0.25, 0.3) is 0 Å². The van der Waals surface area contributed by atoms with E-state index in [0.29, 0.717) is 11.7 Å². The highest BCUT2D eigenvalue weighted by atomic mass is 35.5. The second kappa shape index (κ2) is 6.02. The number of carbonyl (C=O) groups is 1. The summed E-state index contributed by atoms with van der Waals surface area (Å²) in [5.74, 6) is 0.0104. The van der Waals surface area contributed by atoms with E-state index in [-0.39, 0.29) is 18.3 Å². The summed E-state index contributed by atoms with van der Waals surface area (Å²) in [5, 5.41) is 10.1. The lowest BCUT2D eigenvalue weighted by atomic mass is 10.1. The molecule has 2 N–H and O–H groups in total. The fraction of sp³-hybridized carbons (Fsp3) is 0.636. The van der Waals surface area contributed by atoms with Crippen LogP contribution in [0, 0.1) is 6.92 Å². The highest BCUT2D eigenvalue weighted by molar-refractivity contribution is 5.92. The first-order chi connectivity index (χ1) is 7.68. The zero-order chi connectivity index (χ0) is 11.5. The number of H-pyrrole nitrogens is 1. The lowest BCUT2D eigenvalue weighted by Crippen LogP contribution is -2.44. The molecule has 1 amide bonds. The monoisotopic (exact) mass is 258 g/mol. The smallest absolute Gasteiger partial charge is 0.274 e. The number of hydrogen-bond acceptors (Lipinski definition) is 3. The maximum Gasteiger partial charge on any atom is 0.274 e. The summed E-state index contributed by atoms with van der Waals surface area (Å²) in [6, 6.07) is 2.13. The van der Waals surface area contributed by atoms with Crippen LogP contribution in [0.15, 0.2) is 6.07 Å². The molecule has 1 aromatic heterocycles. The van der Waals surface area contributed by atoms with Crippen LogP contribution in [0.2, 0.25) is 0 Å². The van der Waals surface area contributed by atoms with Gasteiger partial charge in [0.25, 0.3) is 5.91 Å². The Morgan fingerprint density at radius 1 is 1.47 bits per heavy atom. The number of rotatable bonds is 2. The number of hydrogen-bond donors (Lipinski definition) is 2. The zero-order valence-corrected chi connectivity index (χ0v) is 11.0. The molecule has 2 rings (SSSR count). The number of aromatic nitrogens is 2. The molecule has 1 aliphatic rings. The van der Waals surface area contributed by atoms with E-state index in [1.54, 1.807) is 6.07 Å². The third-order valence-corrected chi connectivity index (χ3v) is 3.10. The first kappa shape index (κ1) is 14.0. The average molecular weight is 259 g/mol. The minimum Gasteiger partial charge on any atom is -0.337 e. The number of carbonyl (C=O) groups excluding carboxylic acids is 1. The summed E-state index contributed by atoms with van der Waals surface area (Å²) < 4.78 is 0. The molecular weight excluding hydrogens is 240 g/mol. The maximum absolute atomic E-state index is 12.1. The fourth-order valence-corrected chi connectivity index (χ4v) is 2.07. The van der Waals surface area contributed by atoms with Crippen molar-refractivity contribution in [2.45, 2.75) is 25.8 Å². The second-order valence-electron chi connectivity index (χ2n) is 4.33. The molecule has 1 aliphatic heterocycles. The van der Waals surface area contributed by atoms with Crippen molar-refractivity contribution in [3.8, 4) is 0 Å². The Bertz CT molecular complexity index is 373. The van der Waals surface area contributed by atoms with Gasteiger partial charge in [-0.25, -0.2) is 0 Å². The molecule has 1 saturated heterocycles. The van der Waals surface area contributed by atoms with E-state index in [9.17, 15) is 4.79 Å². The number of aromatic amines is 1. The minimum atomic E-state index is 0. The average Bonchev–Trinajstić information content (AvgIpc) is 2.75. The van der Waals surface area contributed by atoms with Crippen molar-refractivity contribution in [3.05, 3.63) is 17.5 Å². The topological polar surface area (TPSA) is 61.0 Å². The maximum atomic E-state index is 12.1. The predicted molar refractivity (Wildman–Crippen MR) is 68.6 cm³/mol. The number of aryl methyl sites for hydroxylation is 1. The van der Waals surface area contributed by atoms with E-state index in [4.69, 9.17) is 0 Å². The van der Waals surface area contributed by atoms with Gasteiger partial charge >= 0.3 is 0 Å². The van der Waals surface area contributed by atoms with Crippen molar-refractivity contribution in [2.75, 3.05) is 20.1 Å². The van der Waals surface area contributed by atoms with Crippen LogP contribution >= 0.6 is 12.4 Å². The number of halogens is 1. The summed E-state index contributed by atoms with van der Waals surface area (Å²) in [6.45, 7) is 3.87. The van der Waals surface area contributed by atoms with Crippen LogP contribution in [0.1, 0.15) is 29.0 Å². The summed E-state index contributed by atoms with van der Waals surface area (Å²) in [5.41, 5.74) is 1.43. The van der Waals surface area contributed by atoms with Crippen molar-refractivity contribution < 1.29 is 4.79 Å². The Hall–Kier alpha value is -1.07. The molecule has 0 atom stereocenters. The Balaban J connectivity index is 0.00000144. The van der Waals surface area contributed by atoms with Gasteiger partial charge in [0, 0.05) is 18.8 Å². The molecule has 0 bridgehead atoms. The summed E-state index contributed by atoms with van der Waals surface area (Å²) in [4.78, 5) is 13.9. The summed E-state index contributed by atoms with van der Waals surface area (Å²) in [6.07, 6.45) is 2.04. The summed E-state index contributed by atoms with van der Waals surface area (Å²) >= 11 is 0. The van der Waals surface area contributed by atoms with E-state index < -0.39 is 0 Å². The highest BCUT2D eigenvalue weighted by Crippen LogP contribution is 2.13. The molecule has 0 spiro atoms. The van der Waals surface area contributed by atoms with Gasteiger partial charge in [-0.1, -0.05) is 0 Å². The molecule has 0 radical (unpaired) electrons. The van der Waals surface area contributed by atoms with E-state index in [1.807, 2.05) is 18.9 Å². The van der Waals surface area contributed by atoms with E-state index >= 15 is 0 Å². The van der Waals surface area contributed by atoms with Crippen LogP contribution in [0.5, 0.6) is 0 Å². The molecule has 0 saturated carbocycles. The molecule has 1 aromatic rings. The van der Waals surface area contributed by atoms with E-state index in [1.165, 1.54) is 0 Å². The van der Waals surface area contributed by atoms with Gasteiger partial charge in [0.05, 0.1) is 0 Å². The first-order valence-corrected chi connectivity index (χ1v) is 5.68. The largest absolute Gasteiger partial charge is 0.337 e. The fourth-order valence-electron chi connectivity index (χ4n) is 2.07. The van der Waals surface area contributed by atoms with Gasteiger partial charge in [0.1, 0.15) is 5.69 Å². The first-order valence-electron chi connectivity index (χ1n) is 5.68. The van der Waals surface area contributed by atoms with Crippen molar-refractivity contribution in [3.63, 3.8) is 0 Å². The van der Waals surface area contributed by atoms with Crippen LogP contribution in [0.4, 0.5) is 0 Å². The van der Waals surface area contributed by atoms with Gasteiger partial charge in [-0.2, -0.15) is 5.10 Å². The lowest BCUT2D eigenvalue weighted by Gasteiger charge is -2.31. The van der Waals surface area contributed by atoms with Gasteiger partial charge in [-0.15, -0.1) is 12.4 Å². The second-order valence-corrected chi connectivity index (χ2v) is 4.33. The Morgan fingerprint density at radius 3 is 2.65 bits per heavy atom. The molecular formula is C11H19ClN4O. The van der Waals surface area contributed by atoms with Crippen LogP contribution in [0.3, 0.4) is 0 Å². The third-order valence-electron chi connectivity index (χ3n) is 3.10. The van der Waals surface area contributed by atoms with Gasteiger partial charge < -0.3 is 10.2 Å². The molecule has 6 heteroatoms. The zero-order valence-electron chi connectivity index (χ0n) is 10.2. The molecule has 1 fully saturated rings. The normalized spacial score (nSPS) is 16.4. The van der Waals surface area contributed by atoms with Crippen molar-refractivity contribution >= 4 is 18.3 Å². The Morgan fingerprint density at radius 2 is 2.12 bits per heavy atom. The van der Waals surface area contributed by atoms with Gasteiger partial charge in [-0.3, -0.25) is 9.89 Å². The predicted octanol–water partition coefficient (Wildman–Crippen LogP) is 0.964. The van der Waals surface area contributed by atoms with Crippen molar-refractivity contribution in [1.82, 2.24) is 20.4 Å². The van der Waals surface area contributed by atoms with E-state index in [0.717, 1.165) is 31.6 Å². The SMILES string of the molecule is Cc1cc(C(=O)N(C)C2CCNCC2)n[nH]1.Cl. The summed E-state index contributed by atoms with van der Waals surface area (Å²) in [7, 11) is 1.86. The third kappa shape index (κ3) is 3.20. The number of piperidine rings is 1. The van der Waals surface area contributed by atoms with Gasteiger partial charge in [0.15, 0.2) is 0 Å². The minimum absolute atomic E-state index is 0. The van der Waals surface area contributed by atoms with E-state index in [2.05, 4.69) is 15.5 Å². The molecule has 5 nitrogen and oxygen atoms in total.